The molecule has 0 fully saturated rings. The summed E-state index contributed by atoms with van der Waals surface area (Å²) in [6.45, 7) is 0.886. The molecule has 1 N–H and O–H groups in total. The molecular formula is C19H21NO. The molecule has 0 spiro atoms. The number of hydrogen-bond donors (Lipinski definition) is 1. The monoisotopic (exact) mass is 279 g/mol. The van der Waals surface area contributed by atoms with Crippen LogP contribution in [0.3, 0.4) is 0 Å². The van der Waals surface area contributed by atoms with Crippen LogP contribution in [-0.4, -0.2) is 30.6 Å². The standard InChI is InChI=1S/C19H21NO/c1-20(2)12-11-19(21)16-9-10-18-15(13-16)8-7-14-5-3-4-6-17(14)18/h3-10,13,19,21H,11-12H2,1-2H3. The van der Waals surface area contributed by atoms with Crippen LogP contribution in [0.5, 0.6) is 0 Å². The van der Waals surface area contributed by atoms with Gasteiger partial charge in [-0.1, -0.05) is 48.5 Å². The minimum Gasteiger partial charge on any atom is -0.388 e. The lowest BCUT2D eigenvalue weighted by Gasteiger charge is -2.15. The van der Waals surface area contributed by atoms with Crippen LogP contribution in [0.15, 0.2) is 54.6 Å². The highest BCUT2D eigenvalue weighted by Gasteiger charge is 2.09. The van der Waals surface area contributed by atoms with E-state index in [-0.39, 0.29) is 0 Å². The summed E-state index contributed by atoms with van der Waals surface area (Å²) in [5.74, 6) is 0. The highest BCUT2D eigenvalue weighted by atomic mass is 16.3. The van der Waals surface area contributed by atoms with E-state index in [1.165, 1.54) is 21.5 Å². The summed E-state index contributed by atoms with van der Waals surface area (Å²) < 4.78 is 0. The number of benzene rings is 3. The molecule has 108 valence electrons. The quantitative estimate of drug-likeness (QED) is 0.730. The first-order valence-electron chi connectivity index (χ1n) is 7.39. The highest BCUT2D eigenvalue weighted by Crippen LogP contribution is 2.28. The first kappa shape index (κ1) is 14.1. The molecule has 0 aliphatic carbocycles. The third-order valence-corrected chi connectivity index (χ3v) is 4.00. The van der Waals surface area contributed by atoms with E-state index in [0.717, 1.165) is 18.5 Å². The lowest BCUT2D eigenvalue weighted by molar-refractivity contribution is 0.154. The van der Waals surface area contributed by atoms with E-state index in [1.807, 2.05) is 14.1 Å². The van der Waals surface area contributed by atoms with Gasteiger partial charge in [0.1, 0.15) is 0 Å². The van der Waals surface area contributed by atoms with Gasteiger partial charge >= 0.3 is 0 Å². The second-order valence-corrected chi connectivity index (χ2v) is 5.88. The maximum atomic E-state index is 10.3. The first-order chi connectivity index (χ1) is 10.1. The molecule has 0 aliphatic rings. The predicted octanol–water partition coefficient (Wildman–Crippen LogP) is 3.98. The first-order valence-corrected chi connectivity index (χ1v) is 7.39. The van der Waals surface area contributed by atoms with Crippen molar-refractivity contribution in [2.45, 2.75) is 12.5 Å². The van der Waals surface area contributed by atoms with E-state index in [1.54, 1.807) is 0 Å². The molecular weight excluding hydrogens is 258 g/mol. The molecule has 2 nitrogen and oxygen atoms in total. The Labute approximate surface area is 125 Å². The Hall–Kier alpha value is -1.90. The molecule has 3 aromatic carbocycles. The molecule has 2 heteroatoms. The van der Waals surface area contributed by atoms with Crippen LogP contribution in [0.25, 0.3) is 21.5 Å². The molecule has 0 amide bonds. The maximum absolute atomic E-state index is 10.3. The molecule has 1 atom stereocenters. The van der Waals surface area contributed by atoms with Crippen molar-refractivity contribution in [1.82, 2.24) is 4.90 Å². The van der Waals surface area contributed by atoms with Crippen molar-refractivity contribution in [2.75, 3.05) is 20.6 Å². The Morgan fingerprint density at radius 1 is 0.905 bits per heavy atom. The Morgan fingerprint density at radius 3 is 2.43 bits per heavy atom. The summed E-state index contributed by atoms with van der Waals surface area (Å²) in [4.78, 5) is 2.10. The fraction of sp³-hybridized carbons (Fsp3) is 0.263. The Bertz CT molecular complexity index is 764. The number of rotatable bonds is 4. The average molecular weight is 279 g/mol. The van der Waals surface area contributed by atoms with Crippen molar-refractivity contribution < 1.29 is 5.11 Å². The minimum atomic E-state index is -0.400. The van der Waals surface area contributed by atoms with Gasteiger partial charge < -0.3 is 10.0 Å². The Balaban J connectivity index is 1.99. The zero-order valence-electron chi connectivity index (χ0n) is 12.6. The van der Waals surface area contributed by atoms with Crippen molar-refractivity contribution in [2.24, 2.45) is 0 Å². The van der Waals surface area contributed by atoms with Crippen LogP contribution in [0.4, 0.5) is 0 Å². The third kappa shape index (κ3) is 2.92. The van der Waals surface area contributed by atoms with Crippen molar-refractivity contribution >= 4 is 21.5 Å². The minimum absolute atomic E-state index is 0.400. The van der Waals surface area contributed by atoms with Crippen LogP contribution in [0.2, 0.25) is 0 Å². The largest absolute Gasteiger partial charge is 0.388 e. The summed E-state index contributed by atoms with van der Waals surface area (Å²) >= 11 is 0. The van der Waals surface area contributed by atoms with Crippen molar-refractivity contribution in [3.63, 3.8) is 0 Å². The topological polar surface area (TPSA) is 23.5 Å². The normalized spacial score (nSPS) is 13.1. The number of nitrogens with zero attached hydrogens (tertiary/aromatic N) is 1. The molecule has 21 heavy (non-hydrogen) atoms. The van der Waals surface area contributed by atoms with Gasteiger partial charge in [0.05, 0.1) is 6.10 Å². The average Bonchev–Trinajstić information content (AvgIpc) is 2.51. The van der Waals surface area contributed by atoms with Crippen LogP contribution >= 0.6 is 0 Å². The van der Waals surface area contributed by atoms with Gasteiger partial charge in [-0.15, -0.1) is 0 Å². The van der Waals surface area contributed by atoms with Crippen LogP contribution < -0.4 is 0 Å². The van der Waals surface area contributed by atoms with E-state index in [9.17, 15) is 5.11 Å². The molecule has 0 saturated heterocycles. The van der Waals surface area contributed by atoms with Gasteiger partial charge in [-0.2, -0.15) is 0 Å². The van der Waals surface area contributed by atoms with Gasteiger partial charge in [0.15, 0.2) is 0 Å². The number of fused-ring (bicyclic) bond motifs is 3. The van der Waals surface area contributed by atoms with Gasteiger partial charge in [-0.05, 0) is 53.7 Å². The molecule has 0 radical (unpaired) electrons. The smallest absolute Gasteiger partial charge is 0.0802 e. The van der Waals surface area contributed by atoms with Gasteiger partial charge in [-0.25, -0.2) is 0 Å². The lowest BCUT2D eigenvalue weighted by Crippen LogP contribution is -2.15. The van der Waals surface area contributed by atoms with Crippen LogP contribution in [0.1, 0.15) is 18.1 Å². The number of aliphatic hydroxyl groups is 1. The molecule has 3 aromatic rings. The molecule has 0 aromatic heterocycles. The van der Waals surface area contributed by atoms with Gasteiger partial charge in [0.2, 0.25) is 0 Å². The molecule has 0 bridgehead atoms. The SMILES string of the molecule is CN(C)CCC(O)c1ccc2c(ccc3ccccc32)c1. The van der Waals surface area contributed by atoms with Crippen molar-refractivity contribution in [3.8, 4) is 0 Å². The van der Waals surface area contributed by atoms with Crippen molar-refractivity contribution in [1.29, 1.82) is 0 Å². The van der Waals surface area contributed by atoms with Crippen molar-refractivity contribution in [3.05, 3.63) is 60.2 Å². The van der Waals surface area contributed by atoms with Crippen LogP contribution in [-0.2, 0) is 0 Å². The summed E-state index contributed by atoms with van der Waals surface area (Å²) in [6, 6.07) is 19.0. The second kappa shape index (κ2) is 5.84. The molecule has 0 aliphatic heterocycles. The van der Waals surface area contributed by atoms with Gasteiger partial charge in [0, 0.05) is 6.54 Å². The maximum Gasteiger partial charge on any atom is 0.0802 e. The number of hydrogen-bond acceptors (Lipinski definition) is 2. The van der Waals surface area contributed by atoms with E-state index in [2.05, 4.69) is 59.5 Å². The molecule has 0 heterocycles. The zero-order chi connectivity index (χ0) is 14.8. The summed E-state index contributed by atoms with van der Waals surface area (Å²) in [6.07, 6.45) is 0.356. The van der Waals surface area contributed by atoms with Gasteiger partial charge in [-0.3, -0.25) is 0 Å². The summed E-state index contributed by atoms with van der Waals surface area (Å²) in [7, 11) is 4.05. The van der Waals surface area contributed by atoms with Gasteiger partial charge in [0.25, 0.3) is 0 Å². The summed E-state index contributed by atoms with van der Waals surface area (Å²) in [5.41, 5.74) is 1.000. The zero-order valence-corrected chi connectivity index (χ0v) is 12.6. The molecule has 3 rings (SSSR count). The third-order valence-electron chi connectivity index (χ3n) is 4.00. The fourth-order valence-electron chi connectivity index (χ4n) is 2.79. The molecule has 0 saturated carbocycles. The van der Waals surface area contributed by atoms with E-state index < -0.39 is 6.10 Å². The Kier molecular flexibility index (Phi) is 3.91. The Morgan fingerprint density at radius 2 is 1.62 bits per heavy atom. The second-order valence-electron chi connectivity index (χ2n) is 5.88. The lowest BCUT2D eigenvalue weighted by atomic mass is 9.97. The summed E-state index contributed by atoms with van der Waals surface area (Å²) in [5, 5.41) is 15.3. The van der Waals surface area contributed by atoms with E-state index >= 15 is 0 Å². The highest BCUT2D eigenvalue weighted by molar-refractivity contribution is 6.07. The molecule has 1 unspecified atom stereocenters. The van der Waals surface area contributed by atoms with E-state index in [0.29, 0.717) is 0 Å². The van der Waals surface area contributed by atoms with E-state index in [4.69, 9.17) is 0 Å². The predicted molar refractivity (Wildman–Crippen MR) is 89.6 cm³/mol. The van der Waals surface area contributed by atoms with Crippen LogP contribution in [0, 0.1) is 0 Å². The fourth-order valence-corrected chi connectivity index (χ4v) is 2.79. The number of aliphatic hydroxyl groups excluding tert-OH is 1.